The first-order valence-corrected chi connectivity index (χ1v) is 14.3. The molecular formula is C34H31N3O5. The van der Waals surface area contributed by atoms with Gasteiger partial charge in [0.2, 0.25) is 11.8 Å². The molecule has 2 heterocycles. The second kappa shape index (κ2) is 9.41. The number of nitrogens with one attached hydrogen (secondary N) is 1. The van der Waals surface area contributed by atoms with Crippen LogP contribution in [0.2, 0.25) is 0 Å². The number of imide groups is 2. The molecule has 3 aromatic rings. The van der Waals surface area contributed by atoms with Crippen molar-refractivity contribution >= 4 is 29.3 Å². The highest BCUT2D eigenvalue weighted by Gasteiger charge is 2.70. The fourth-order valence-electron chi connectivity index (χ4n) is 7.95. The van der Waals surface area contributed by atoms with Gasteiger partial charge in [0.15, 0.2) is 0 Å². The molecule has 8 nitrogen and oxygen atoms in total. The molecule has 2 aliphatic heterocycles. The molecule has 2 aliphatic carbocycles. The minimum absolute atomic E-state index is 0.0868. The van der Waals surface area contributed by atoms with E-state index in [0.29, 0.717) is 17.7 Å². The van der Waals surface area contributed by atoms with Crippen LogP contribution in [0.3, 0.4) is 0 Å². The second-order valence-electron chi connectivity index (χ2n) is 11.9. The largest absolute Gasteiger partial charge is 0.508 e. The van der Waals surface area contributed by atoms with Crippen LogP contribution in [0, 0.1) is 30.6 Å². The maximum atomic E-state index is 14.9. The summed E-state index contributed by atoms with van der Waals surface area (Å²) in [6, 6.07) is 23.6. The van der Waals surface area contributed by atoms with E-state index in [2.05, 4.69) is 5.43 Å². The maximum Gasteiger partial charge on any atom is 0.260 e. The Balaban J connectivity index is 1.45. The summed E-state index contributed by atoms with van der Waals surface area (Å²) < 4.78 is 0. The second-order valence-corrected chi connectivity index (χ2v) is 11.9. The Morgan fingerprint density at radius 3 is 2.21 bits per heavy atom. The molecule has 4 aliphatic rings. The lowest BCUT2D eigenvalue weighted by molar-refractivity contribution is -0.140. The standard InChI is InChI=1S/C34H31N3O5/c1-19-8-12-22(13-9-19)35-37-31(40)27-18-26-24(16-17-25-28(26)32(41)36(2)30(25)39)29(20-10-14-23(38)15-11-20)34(27,33(37)42)21-6-4-3-5-7-21/h3-16,25-29,35,38H,17-18H2,1-2H3. The van der Waals surface area contributed by atoms with E-state index in [9.17, 15) is 24.3 Å². The van der Waals surface area contributed by atoms with Gasteiger partial charge in [0.25, 0.3) is 11.8 Å². The quantitative estimate of drug-likeness (QED) is 0.363. The molecule has 1 saturated carbocycles. The number of aryl methyl sites for hydroxylation is 1. The number of allylic oxidation sites excluding steroid dienone is 2. The Morgan fingerprint density at radius 2 is 1.52 bits per heavy atom. The fraction of sp³-hybridized carbons (Fsp3) is 0.294. The van der Waals surface area contributed by atoms with Crippen molar-refractivity contribution in [2.75, 3.05) is 12.5 Å². The first kappa shape index (κ1) is 26.2. The number of benzene rings is 3. The molecule has 42 heavy (non-hydrogen) atoms. The first-order valence-electron chi connectivity index (χ1n) is 14.3. The molecule has 212 valence electrons. The molecule has 0 spiro atoms. The van der Waals surface area contributed by atoms with E-state index in [-0.39, 0.29) is 41.7 Å². The van der Waals surface area contributed by atoms with E-state index in [1.54, 1.807) is 24.3 Å². The lowest BCUT2D eigenvalue weighted by Crippen LogP contribution is -2.53. The van der Waals surface area contributed by atoms with Crippen LogP contribution >= 0.6 is 0 Å². The van der Waals surface area contributed by atoms with Gasteiger partial charge in [-0.25, -0.2) is 0 Å². The Kier molecular flexibility index (Phi) is 5.87. The van der Waals surface area contributed by atoms with E-state index in [0.717, 1.165) is 21.7 Å². The third-order valence-electron chi connectivity index (χ3n) is 9.84. The zero-order valence-electron chi connectivity index (χ0n) is 23.4. The molecular weight excluding hydrogens is 530 g/mol. The molecule has 2 saturated heterocycles. The number of phenolic OH excluding ortho intramolecular Hbond substituents is 1. The monoisotopic (exact) mass is 561 g/mol. The zero-order valence-corrected chi connectivity index (χ0v) is 23.4. The summed E-state index contributed by atoms with van der Waals surface area (Å²) in [5.74, 6) is -3.91. The first-order chi connectivity index (χ1) is 20.2. The maximum absolute atomic E-state index is 14.9. The van der Waals surface area contributed by atoms with Crippen molar-refractivity contribution in [2.24, 2.45) is 23.7 Å². The van der Waals surface area contributed by atoms with Crippen molar-refractivity contribution in [3.63, 3.8) is 0 Å². The molecule has 0 radical (unpaired) electrons. The number of hydrogen-bond donors (Lipinski definition) is 2. The van der Waals surface area contributed by atoms with Crippen molar-refractivity contribution in [1.29, 1.82) is 0 Å². The Bertz CT molecular complexity index is 1650. The molecule has 2 N–H and O–H groups in total. The summed E-state index contributed by atoms with van der Waals surface area (Å²) in [6.07, 6.45) is 2.69. The van der Waals surface area contributed by atoms with Crippen molar-refractivity contribution in [1.82, 2.24) is 9.91 Å². The summed E-state index contributed by atoms with van der Waals surface area (Å²) in [5, 5.41) is 11.3. The highest BCUT2D eigenvalue weighted by Crippen LogP contribution is 2.64. The minimum atomic E-state index is -1.31. The lowest BCUT2D eigenvalue weighted by atomic mass is 9.49. The van der Waals surface area contributed by atoms with Crippen LogP contribution in [-0.2, 0) is 24.6 Å². The van der Waals surface area contributed by atoms with Gasteiger partial charge in [-0.2, -0.15) is 5.01 Å². The number of anilines is 1. The summed E-state index contributed by atoms with van der Waals surface area (Å²) in [4.78, 5) is 57.1. The number of amides is 4. The van der Waals surface area contributed by atoms with Gasteiger partial charge in [0.05, 0.1) is 28.9 Å². The van der Waals surface area contributed by atoms with E-state index in [1.807, 2.05) is 67.6 Å². The van der Waals surface area contributed by atoms with E-state index in [4.69, 9.17) is 0 Å². The molecule has 0 aromatic heterocycles. The normalized spacial score (nSPS) is 30.1. The number of phenols is 1. The third-order valence-corrected chi connectivity index (χ3v) is 9.84. The smallest absolute Gasteiger partial charge is 0.260 e. The number of hydrogen-bond acceptors (Lipinski definition) is 6. The van der Waals surface area contributed by atoms with Gasteiger partial charge in [0, 0.05) is 13.0 Å². The van der Waals surface area contributed by atoms with Crippen LogP contribution in [0.5, 0.6) is 5.75 Å². The number of nitrogens with zero attached hydrogens (tertiary/aromatic N) is 2. The van der Waals surface area contributed by atoms with Crippen molar-refractivity contribution in [2.45, 2.75) is 31.1 Å². The molecule has 3 aromatic carbocycles. The van der Waals surface area contributed by atoms with Crippen LogP contribution < -0.4 is 5.43 Å². The van der Waals surface area contributed by atoms with Gasteiger partial charge in [-0.3, -0.25) is 29.5 Å². The summed E-state index contributed by atoms with van der Waals surface area (Å²) >= 11 is 0. The van der Waals surface area contributed by atoms with Gasteiger partial charge in [-0.1, -0.05) is 71.8 Å². The van der Waals surface area contributed by atoms with Gasteiger partial charge in [0.1, 0.15) is 5.75 Å². The van der Waals surface area contributed by atoms with E-state index >= 15 is 0 Å². The predicted molar refractivity (Wildman–Crippen MR) is 155 cm³/mol. The molecule has 3 fully saturated rings. The van der Waals surface area contributed by atoms with Crippen molar-refractivity contribution in [3.8, 4) is 5.75 Å². The summed E-state index contributed by atoms with van der Waals surface area (Å²) in [6.45, 7) is 1.96. The van der Waals surface area contributed by atoms with Gasteiger partial charge >= 0.3 is 0 Å². The van der Waals surface area contributed by atoms with Crippen molar-refractivity contribution < 1.29 is 24.3 Å². The summed E-state index contributed by atoms with van der Waals surface area (Å²) in [7, 11) is 1.52. The SMILES string of the molecule is Cc1ccc(NN2C(=O)C3CC4C(=CCC5C(=O)N(C)C(=O)C54)C(c4ccc(O)cc4)C3(c3ccccc3)C2=O)cc1. The molecule has 8 heteroatoms. The van der Waals surface area contributed by atoms with E-state index in [1.165, 1.54) is 11.9 Å². The van der Waals surface area contributed by atoms with Gasteiger partial charge in [-0.05, 0) is 61.1 Å². The van der Waals surface area contributed by atoms with Crippen LogP contribution in [0.4, 0.5) is 5.69 Å². The highest BCUT2D eigenvalue weighted by atomic mass is 16.3. The molecule has 6 unspecified atom stereocenters. The Labute approximate surface area is 243 Å². The third kappa shape index (κ3) is 3.54. The average molecular weight is 562 g/mol. The van der Waals surface area contributed by atoms with Crippen LogP contribution in [-0.4, -0.2) is 45.7 Å². The number of aromatic hydroxyl groups is 1. The molecule has 4 amide bonds. The number of hydrazine groups is 1. The number of carbonyl (C=O) groups is 4. The number of likely N-dealkylation sites (tertiary alicyclic amines) is 1. The van der Waals surface area contributed by atoms with Crippen molar-refractivity contribution in [3.05, 3.63) is 107 Å². The number of rotatable bonds is 4. The van der Waals surface area contributed by atoms with Gasteiger partial charge < -0.3 is 5.11 Å². The molecule has 0 bridgehead atoms. The van der Waals surface area contributed by atoms with Crippen LogP contribution in [0.15, 0.2) is 90.5 Å². The molecule has 6 atom stereocenters. The minimum Gasteiger partial charge on any atom is -0.508 e. The average Bonchev–Trinajstić information content (AvgIpc) is 3.36. The Morgan fingerprint density at radius 1 is 0.833 bits per heavy atom. The summed E-state index contributed by atoms with van der Waals surface area (Å²) in [5.41, 5.74) is 5.83. The number of carbonyl (C=O) groups excluding carboxylic acids is 4. The molecule has 7 rings (SSSR count). The lowest BCUT2D eigenvalue weighted by Gasteiger charge is -2.50. The topological polar surface area (TPSA) is 107 Å². The van der Waals surface area contributed by atoms with E-state index < -0.39 is 29.1 Å². The zero-order chi connectivity index (χ0) is 29.3. The number of fused-ring (bicyclic) bond motifs is 4. The van der Waals surface area contributed by atoms with Crippen LogP contribution in [0.1, 0.15) is 35.4 Å². The Hall–Kier alpha value is -4.72. The highest BCUT2D eigenvalue weighted by molar-refractivity contribution is 6.13. The predicted octanol–water partition coefficient (Wildman–Crippen LogP) is 4.32. The fourth-order valence-corrected chi connectivity index (χ4v) is 7.95. The van der Waals surface area contributed by atoms with Crippen LogP contribution in [0.25, 0.3) is 0 Å². The van der Waals surface area contributed by atoms with Gasteiger partial charge in [-0.15, -0.1) is 0 Å².